The molecular weight excluding hydrogens is 306 g/mol. The molecule has 3 heterocycles. The summed E-state index contributed by atoms with van der Waals surface area (Å²) < 4.78 is 5.35. The molecule has 0 radical (unpaired) electrons. The van der Waals surface area contributed by atoms with Gasteiger partial charge in [0, 0.05) is 7.05 Å². The molecule has 2 aliphatic rings. The first-order valence-electron chi connectivity index (χ1n) is 7.79. The van der Waals surface area contributed by atoms with E-state index in [0.717, 1.165) is 17.0 Å². The number of rotatable bonds is 3. The van der Waals surface area contributed by atoms with E-state index in [9.17, 15) is 9.59 Å². The van der Waals surface area contributed by atoms with Crippen LogP contribution in [0.3, 0.4) is 0 Å². The number of hydrogen-bond donors (Lipinski definition) is 1. The van der Waals surface area contributed by atoms with Gasteiger partial charge in [0.25, 0.3) is 5.91 Å². The highest BCUT2D eigenvalue weighted by atomic mass is 16.3. The molecule has 1 atom stereocenters. The fraction of sp³-hybridized carbons (Fsp3) is 0.222. The Balaban J connectivity index is 1.69. The van der Waals surface area contributed by atoms with Crippen molar-refractivity contribution in [2.24, 2.45) is 0 Å². The van der Waals surface area contributed by atoms with Gasteiger partial charge in [-0.1, -0.05) is 30.3 Å². The van der Waals surface area contributed by atoms with E-state index >= 15 is 0 Å². The highest BCUT2D eigenvalue weighted by Gasteiger charge is 2.42. The number of benzene rings is 1. The molecule has 0 spiro atoms. The zero-order chi connectivity index (χ0) is 16.7. The van der Waals surface area contributed by atoms with Crippen LogP contribution in [0.1, 0.15) is 17.4 Å². The van der Waals surface area contributed by atoms with Gasteiger partial charge >= 0.3 is 6.03 Å². The SMILES string of the molecule is CN1C(=O)N[C@@H](c2ccccc2)C2=C1CN(Cc1ccco1)C2=O. The Labute approximate surface area is 139 Å². The van der Waals surface area contributed by atoms with E-state index < -0.39 is 6.04 Å². The van der Waals surface area contributed by atoms with Crippen LogP contribution in [0.2, 0.25) is 0 Å². The van der Waals surface area contributed by atoms with Gasteiger partial charge in [-0.25, -0.2) is 4.79 Å². The number of furan rings is 1. The maximum Gasteiger partial charge on any atom is 0.322 e. The summed E-state index contributed by atoms with van der Waals surface area (Å²) in [6, 6.07) is 12.6. The second-order valence-corrected chi connectivity index (χ2v) is 5.95. The van der Waals surface area contributed by atoms with Crippen LogP contribution in [-0.4, -0.2) is 35.3 Å². The molecule has 0 saturated heterocycles. The van der Waals surface area contributed by atoms with Gasteiger partial charge in [-0.3, -0.25) is 9.69 Å². The molecule has 0 aliphatic carbocycles. The number of urea groups is 1. The molecule has 24 heavy (non-hydrogen) atoms. The Morgan fingerprint density at radius 1 is 1.17 bits per heavy atom. The summed E-state index contributed by atoms with van der Waals surface area (Å²) in [7, 11) is 1.69. The average molecular weight is 323 g/mol. The van der Waals surface area contributed by atoms with Crippen molar-refractivity contribution >= 4 is 11.9 Å². The number of nitrogens with zero attached hydrogens (tertiary/aromatic N) is 2. The second kappa shape index (κ2) is 5.56. The van der Waals surface area contributed by atoms with Crippen LogP contribution in [0.5, 0.6) is 0 Å². The van der Waals surface area contributed by atoms with E-state index in [4.69, 9.17) is 4.42 Å². The predicted octanol–water partition coefficient (Wildman–Crippen LogP) is 2.27. The van der Waals surface area contributed by atoms with Crippen LogP contribution >= 0.6 is 0 Å². The van der Waals surface area contributed by atoms with E-state index in [-0.39, 0.29) is 11.9 Å². The maximum absolute atomic E-state index is 13.0. The second-order valence-electron chi connectivity index (χ2n) is 5.95. The van der Waals surface area contributed by atoms with E-state index in [1.54, 1.807) is 24.3 Å². The molecule has 2 aromatic rings. The van der Waals surface area contributed by atoms with Crippen molar-refractivity contribution < 1.29 is 14.0 Å². The Bertz CT molecular complexity index is 811. The zero-order valence-electron chi connectivity index (χ0n) is 13.2. The fourth-order valence-electron chi connectivity index (χ4n) is 3.24. The van der Waals surface area contributed by atoms with Gasteiger partial charge in [-0.15, -0.1) is 0 Å². The fourth-order valence-corrected chi connectivity index (χ4v) is 3.24. The molecule has 3 amide bonds. The number of amides is 3. The molecule has 0 fully saturated rings. The number of carbonyl (C=O) groups excluding carboxylic acids is 2. The first-order chi connectivity index (χ1) is 11.6. The molecule has 6 nitrogen and oxygen atoms in total. The number of carbonyl (C=O) groups is 2. The lowest BCUT2D eigenvalue weighted by Gasteiger charge is -2.31. The van der Waals surface area contributed by atoms with Crippen molar-refractivity contribution in [2.75, 3.05) is 13.6 Å². The molecule has 122 valence electrons. The number of hydrogen-bond acceptors (Lipinski definition) is 3. The Kier molecular flexibility index (Phi) is 3.37. The van der Waals surface area contributed by atoms with Crippen LogP contribution in [0, 0.1) is 0 Å². The monoisotopic (exact) mass is 323 g/mol. The largest absolute Gasteiger partial charge is 0.467 e. The summed E-state index contributed by atoms with van der Waals surface area (Å²) in [4.78, 5) is 28.5. The van der Waals surface area contributed by atoms with Crippen molar-refractivity contribution in [1.82, 2.24) is 15.1 Å². The van der Waals surface area contributed by atoms with Gasteiger partial charge in [0.2, 0.25) is 0 Å². The average Bonchev–Trinajstić information content (AvgIpc) is 3.22. The van der Waals surface area contributed by atoms with Crippen molar-refractivity contribution in [3.63, 3.8) is 0 Å². The molecule has 1 aromatic carbocycles. The third kappa shape index (κ3) is 2.27. The smallest absolute Gasteiger partial charge is 0.322 e. The van der Waals surface area contributed by atoms with E-state index in [2.05, 4.69) is 5.32 Å². The summed E-state index contributed by atoms with van der Waals surface area (Å²) in [5.41, 5.74) is 2.29. The van der Waals surface area contributed by atoms with E-state index in [0.29, 0.717) is 18.7 Å². The van der Waals surface area contributed by atoms with Gasteiger partial charge < -0.3 is 14.6 Å². The lowest BCUT2D eigenvalue weighted by Crippen LogP contribution is -2.45. The van der Waals surface area contributed by atoms with Gasteiger partial charge in [0.15, 0.2) is 0 Å². The van der Waals surface area contributed by atoms with Gasteiger partial charge in [-0.2, -0.15) is 0 Å². The molecule has 0 saturated carbocycles. The quantitative estimate of drug-likeness (QED) is 0.942. The van der Waals surface area contributed by atoms with Crippen molar-refractivity contribution in [1.29, 1.82) is 0 Å². The third-order valence-corrected chi connectivity index (χ3v) is 4.49. The summed E-state index contributed by atoms with van der Waals surface area (Å²) in [5, 5.41) is 2.92. The van der Waals surface area contributed by atoms with Crippen LogP contribution in [0.15, 0.2) is 64.4 Å². The van der Waals surface area contributed by atoms with Crippen LogP contribution < -0.4 is 5.32 Å². The van der Waals surface area contributed by atoms with Crippen LogP contribution in [0.4, 0.5) is 4.79 Å². The maximum atomic E-state index is 13.0. The van der Waals surface area contributed by atoms with Crippen molar-refractivity contribution in [2.45, 2.75) is 12.6 Å². The highest BCUT2D eigenvalue weighted by Crippen LogP contribution is 2.36. The summed E-state index contributed by atoms with van der Waals surface area (Å²) in [6.45, 7) is 0.796. The minimum absolute atomic E-state index is 0.0675. The topological polar surface area (TPSA) is 65.8 Å². The molecule has 1 aromatic heterocycles. The van der Waals surface area contributed by atoms with Crippen molar-refractivity contribution in [3.8, 4) is 0 Å². The van der Waals surface area contributed by atoms with E-state index in [1.165, 1.54) is 4.90 Å². The minimum Gasteiger partial charge on any atom is -0.467 e. The van der Waals surface area contributed by atoms with E-state index in [1.807, 2.05) is 36.4 Å². The number of likely N-dealkylation sites (N-methyl/N-ethyl adjacent to an activating group) is 1. The Morgan fingerprint density at radius 2 is 1.96 bits per heavy atom. The molecule has 4 rings (SSSR count). The predicted molar refractivity (Wildman–Crippen MR) is 86.6 cm³/mol. The molecule has 6 heteroatoms. The lowest BCUT2D eigenvalue weighted by atomic mass is 9.96. The number of nitrogens with one attached hydrogen (secondary N) is 1. The normalized spacial score (nSPS) is 20.5. The molecule has 0 unspecified atom stereocenters. The lowest BCUT2D eigenvalue weighted by molar-refractivity contribution is -0.126. The zero-order valence-corrected chi connectivity index (χ0v) is 13.2. The first kappa shape index (κ1) is 14.6. The van der Waals surface area contributed by atoms with Gasteiger partial charge in [0.1, 0.15) is 5.76 Å². The third-order valence-electron chi connectivity index (χ3n) is 4.49. The van der Waals surface area contributed by atoms with Crippen molar-refractivity contribution in [3.05, 3.63) is 71.3 Å². The summed E-state index contributed by atoms with van der Waals surface area (Å²) in [6.07, 6.45) is 1.59. The molecule has 2 aliphatic heterocycles. The van der Waals surface area contributed by atoms with Crippen LogP contribution in [-0.2, 0) is 11.3 Å². The van der Waals surface area contributed by atoms with Crippen LogP contribution in [0.25, 0.3) is 0 Å². The first-order valence-corrected chi connectivity index (χ1v) is 7.79. The molecule has 1 N–H and O–H groups in total. The Hall–Kier alpha value is -3.02. The van der Waals surface area contributed by atoms with Gasteiger partial charge in [-0.05, 0) is 17.7 Å². The highest BCUT2D eigenvalue weighted by molar-refractivity contribution is 6.01. The standard InChI is InChI=1S/C18H17N3O3/c1-20-14-11-21(10-13-8-5-9-24-13)17(22)15(14)16(19-18(20)23)12-6-3-2-4-7-12/h2-9,16H,10-11H2,1H3,(H,19,23)/t16-/m0/s1. The minimum atomic E-state index is -0.418. The molecular formula is C18H17N3O3. The molecule has 0 bridgehead atoms. The summed E-state index contributed by atoms with van der Waals surface area (Å²) >= 11 is 0. The Morgan fingerprint density at radius 3 is 2.67 bits per heavy atom. The van der Waals surface area contributed by atoms with Gasteiger partial charge in [0.05, 0.1) is 36.7 Å². The summed E-state index contributed by atoms with van der Waals surface area (Å²) in [5.74, 6) is 0.656.